The van der Waals surface area contributed by atoms with Crippen LogP contribution in [0.1, 0.15) is 29.4 Å². The number of H-pyrrole nitrogens is 1. The van der Waals surface area contributed by atoms with E-state index in [1.54, 1.807) is 19.1 Å². The fourth-order valence-electron chi connectivity index (χ4n) is 1.41. The van der Waals surface area contributed by atoms with E-state index in [1.165, 1.54) is 0 Å². The molecule has 0 aromatic carbocycles. The first-order valence-corrected chi connectivity index (χ1v) is 5.84. The van der Waals surface area contributed by atoms with Gasteiger partial charge in [0.15, 0.2) is 0 Å². The molecule has 3 N–H and O–H groups in total. The van der Waals surface area contributed by atoms with Crippen molar-refractivity contribution in [3.63, 3.8) is 0 Å². The number of pyridine rings is 1. The number of carbonyl (C=O) groups is 1. The van der Waals surface area contributed by atoms with Crippen LogP contribution in [0, 0.1) is 6.92 Å². The first kappa shape index (κ1) is 16.7. The molecular formula is C12H20ClN3O2. The Labute approximate surface area is 113 Å². The number of amides is 1. The molecule has 1 aromatic rings. The number of halogens is 1. The number of hydrogen-bond donors (Lipinski definition) is 3. The summed E-state index contributed by atoms with van der Waals surface area (Å²) in [4.78, 5) is 25.7. The number of rotatable bonds is 6. The number of hydrogen-bond acceptors (Lipinski definition) is 3. The van der Waals surface area contributed by atoms with Gasteiger partial charge in [-0.05, 0) is 32.0 Å². The van der Waals surface area contributed by atoms with Gasteiger partial charge in [0.2, 0.25) is 0 Å². The standard InChI is InChI=1S/C12H19N3O2.ClH/c1-3-6-13-7-8-14-11(16)10-5-4-9(2)15-12(10)17;/h4-5,13H,3,6-8H2,1-2H3,(H,14,16)(H,15,17);1H. The summed E-state index contributed by atoms with van der Waals surface area (Å²) in [5, 5.41) is 5.86. The van der Waals surface area contributed by atoms with E-state index < -0.39 is 0 Å². The van der Waals surface area contributed by atoms with Gasteiger partial charge >= 0.3 is 0 Å². The van der Waals surface area contributed by atoms with Crippen molar-refractivity contribution in [3.05, 3.63) is 33.7 Å². The summed E-state index contributed by atoms with van der Waals surface area (Å²) in [5.74, 6) is -0.329. The molecule has 0 aliphatic rings. The van der Waals surface area contributed by atoms with Crippen molar-refractivity contribution in [2.45, 2.75) is 20.3 Å². The number of aromatic nitrogens is 1. The van der Waals surface area contributed by atoms with Gasteiger partial charge in [-0.1, -0.05) is 6.92 Å². The average molecular weight is 274 g/mol. The third-order valence-corrected chi connectivity index (χ3v) is 2.31. The Morgan fingerprint density at radius 3 is 2.61 bits per heavy atom. The summed E-state index contributed by atoms with van der Waals surface area (Å²) >= 11 is 0. The minimum Gasteiger partial charge on any atom is -0.351 e. The lowest BCUT2D eigenvalue weighted by atomic mass is 10.2. The molecule has 0 saturated carbocycles. The fraction of sp³-hybridized carbons (Fsp3) is 0.500. The monoisotopic (exact) mass is 273 g/mol. The normalized spacial score (nSPS) is 9.67. The van der Waals surface area contributed by atoms with Crippen molar-refractivity contribution in [2.75, 3.05) is 19.6 Å². The van der Waals surface area contributed by atoms with E-state index in [4.69, 9.17) is 0 Å². The first-order chi connectivity index (χ1) is 8.15. The summed E-state index contributed by atoms with van der Waals surface area (Å²) in [7, 11) is 0. The quantitative estimate of drug-likeness (QED) is 0.673. The second-order valence-corrected chi connectivity index (χ2v) is 3.89. The molecular weight excluding hydrogens is 254 g/mol. The summed E-state index contributed by atoms with van der Waals surface area (Å²) < 4.78 is 0. The molecule has 6 heteroatoms. The predicted octanol–water partition coefficient (Wildman–Crippen LogP) is 0.835. The third-order valence-electron chi connectivity index (χ3n) is 2.31. The molecule has 0 aliphatic heterocycles. The van der Waals surface area contributed by atoms with E-state index in [2.05, 4.69) is 22.5 Å². The van der Waals surface area contributed by atoms with Gasteiger partial charge in [-0.25, -0.2) is 0 Å². The van der Waals surface area contributed by atoms with Gasteiger partial charge in [0.1, 0.15) is 5.56 Å². The Hall–Kier alpha value is -1.33. The molecule has 5 nitrogen and oxygen atoms in total. The second-order valence-electron chi connectivity index (χ2n) is 3.89. The Bertz CT molecular complexity index is 432. The maximum atomic E-state index is 11.7. The number of nitrogens with one attached hydrogen (secondary N) is 3. The third kappa shape index (κ3) is 5.33. The van der Waals surface area contributed by atoms with E-state index in [0.29, 0.717) is 13.1 Å². The van der Waals surface area contributed by atoms with Crippen LogP contribution in [-0.4, -0.2) is 30.5 Å². The number of carbonyl (C=O) groups excluding carboxylic acids is 1. The smallest absolute Gasteiger partial charge is 0.260 e. The molecule has 0 fully saturated rings. The number of aryl methyl sites for hydroxylation is 1. The molecule has 102 valence electrons. The Kier molecular flexibility index (Phi) is 8.07. The van der Waals surface area contributed by atoms with Crippen molar-refractivity contribution < 1.29 is 4.79 Å². The van der Waals surface area contributed by atoms with Crippen LogP contribution in [0.15, 0.2) is 16.9 Å². The van der Waals surface area contributed by atoms with E-state index >= 15 is 0 Å². The van der Waals surface area contributed by atoms with Crippen molar-refractivity contribution in [1.29, 1.82) is 0 Å². The molecule has 0 bridgehead atoms. The Morgan fingerprint density at radius 1 is 1.28 bits per heavy atom. The van der Waals surface area contributed by atoms with Crippen LogP contribution in [0.5, 0.6) is 0 Å². The van der Waals surface area contributed by atoms with Gasteiger partial charge in [0.05, 0.1) is 0 Å². The average Bonchev–Trinajstić information content (AvgIpc) is 2.28. The Morgan fingerprint density at radius 2 is 2.00 bits per heavy atom. The van der Waals surface area contributed by atoms with Crippen LogP contribution in [-0.2, 0) is 0 Å². The van der Waals surface area contributed by atoms with Crippen LogP contribution in [0.4, 0.5) is 0 Å². The maximum Gasteiger partial charge on any atom is 0.260 e. The lowest BCUT2D eigenvalue weighted by Gasteiger charge is -2.05. The fourth-order valence-corrected chi connectivity index (χ4v) is 1.41. The second kappa shape index (κ2) is 8.72. The van der Waals surface area contributed by atoms with E-state index in [0.717, 1.165) is 18.7 Å². The molecule has 1 aromatic heterocycles. The van der Waals surface area contributed by atoms with Gasteiger partial charge in [0.25, 0.3) is 11.5 Å². The molecule has 0 radical (unpaired) electrons. The SMILES string of the molecule is CCCNCCNC(=O)c1ccc(C)[nH]c1=O.Cl. The largest absolute Gasteiger partial charge is 0.351 e. The minimum absolute atomic E-state index is 0. The predicted molar refractivity (Wildman–Crippen MR) is 74.5 cm³/mol. The molecule has 0 aliphatic carbocycles. The summed E-state index contributed by atoms with van der Waals surface area (Å²) in [5.41, 5.74) is 0.561. The van der Waals surface area contributed by atoms with Crippen molar-refractivity contribution in [3.8, 4) is 0 Å². The van der Waals surface area contributed by atoms with E-state index in [-0.39, 0.29) is 29.4 Å². The zero-order valence-electron chi connectivity index (χ0n) is 10.7. The molecule has 18 heavy (non-hydrogen) atoms. The number of aromatic amines is 1. The zero-order chi connectivity index (χ0) is 12.7. The molecule has 0 spiro atoms. The van der Waals surface area contributed by atoms with Crippen molar-refractivity contribution in [1.82, 2.24) is 15.6 Å². The highest BCUT2D eigenvalue weighted by Gasteiger charge is 2.08. The van der Waals surface area contributed by atoms with Crippen LogP contribution in [0.3, 0.4) is 0 Å². The highest BCUT2D eigenvalue weighted by atomic mass is 35.5. The molecule has 1 rings (SSSR count). The van der Waals surface area contributed by atoms with Crippen molar-refractivity contribution >= 4 is 18.3 Å². The van der Waals surface area contributed by atoms with Gasteiger partial charge in [0, 0.05) is 18.8 Å². The lowest BCUT2D eigenvalue weighted by molar-refractivity contribution is 0.0952. The molecule has 0 unspecified atom stereocenters. The van der Waals surface area contributed by atoms with Crippen molar-refractivity contribution in [2.24, 2.45) is 0 Å². The molecule has 1 heterocycles. The van der Waals surface area contributed by atoms with Crippen LogP contribution < -0.4 is 16.2 Å². The van der Waals surface area contributed by atoms with E-state index in [9.17, 15) is 9.59 Å². The first-order valence-electron chi connectivity index (χ1n) is 5.84. The highest BCUT2D eigenvalue weighted by molar-refractivity contribution is 5.93. The van der Waals surface area contributed by atoms with Gasteiger partial charge in [-0.3, -0.25) is 9.59 Å². The zero-order valence-corrected chi connectivity index (χ0v) is 11.5. The summed E-state index contributed by atoms with van der Waals surface area (Å²) in [6.45, 7) is 6.02. The molecule has 0 atom stereocenters. The molecule has 0 saturated heterocycles. The minimum atomic E-state index is -0.344. The highest BCUT2D eigenvalue weighted by Crippen LogP contribution is 1.92. The van der Waals surface area contributed by atoms with Gasteiger partial charge in [-0.2, -0.15) is 0 Å². The van der Waals surface area contributed by atoms with Crippen LogP contribution >= 0.6 is 12.4 Å². The maximum absolute atomic E-state index is 11.7. The summed E-state index contributed by atoms with van der Waals surface area (Å²) in [6, 6.07) is 3.26. The summed E-state index contributed by atoms with van der Waals surface area (Å²) in [6.07, 6.45) is 1.06. The van der Waals surface area contributed by atoms with E-state index in [1.807, 2.05) is 0 Å². The van der Waals surface area contributed by atoms with Gasteiger partial charge in [-0.15, -0.1) is 12.4 Å². The molecule has 1 amide bonds. The lowest BCUT2D eigenvalue weighted by Crippen LogP contribution is -2.35. The Balaban J connectivity index is 0.00000289. The topological polar surface area (TPSA) is 74.0 Å². The van der Waals surface area contributed by atoms with Crippen LogP contribution in [0.2, 0.25) is 0 Å². The van der Waals surface area contributed by atoms with Gasteiger partial charge < -0.3 is 15.6 Å². The van der Waals surface area contributed by atoms with Crippen LogP contribution in [0.25, 0.3) is 0 Å².